The zero-order chi connectivity index (χ0) is 13.1. The largest absolute Gasteiger partial charge is 0.399 e. The van der Waals surface area contributed by atoms with Gasteiger partial charge in [-0.2, -0.15) is 5.10 Å². The van der Waals surface area contributed by atoms with E-state index in [1.54, 1.807) is 11.3 Å². The number of aromatic amines is 1. The highest BCUT2D eigenvalue weighted by Crippen LogP contribution is 2.20. The lowest BCUT2D eigenvalue weighted by Crippen LogP contribution is -1.82. The molecule has 3 N–H and O–H groups in total. The summed E-state index contributed by atoms with van der Waals surface area (Å²) in [5.41, 5.74) is 7.47. The lowest BCUT2D eigenvalue weighted by molar-refractivity contribution is 1.08. The van der Waals surface area contributed by atoms with Crippen molar-refractivity contribution in [1.29, 1.82) is 0 Å². The van der Waals surface area contributed by atoms with E-state index in [9.17, 15) is 0 Å². The third-order valence-electron chi connectivity index (χ3n) is 2.61. The highest BCUT2D eigenvalue weighted by atomic mass is 32.1. The molecule has 1 aromatic carbocycles. The number of nitrogens with two attached hydrogens (primary N) is 1. The lowest BCUT2D eigenvalue weighted by atomic mass is 10.2. The Morgan fingerprint density at radius 1 is 1.11 bits per heavy atom. The van der Waals surface area contributed by atoms with Gasteiger partial charge < -0.3 is 5.73 Å². The summed E-state index contributed by atoms with van der Waals surface area (Å²) in [7, 11) is 0. The molecule has 0 unspecified atom stereocenters. The first-order chi connectivity index (χ1) is 9.31. The second-order valence-corrected chi connectivity index (χ2v) is 4.97. The first-order valence-corrected chi connectivity index (χ1v) is 6.69. The molecule has 0 fully saturated rings. The zero-order valence-corrected chi connectivity index (χ0v) is 10.9. The molecule has 0 amide bonds. The summed E-state index contributed by atoms with van der Waals surface area (Å²) in [6, 6.07) is 11.7. The number of nitrogen functional groups attached to an aromatic ring is 1. The van der Waals surface area contributed by atoms with E-state index in [1.807, 2.05) is 53.9 Å². The van der Waals surface area contributed by atoms with Crippen molar-refractivity contribution in [1.82, 2.24) is 15.2 Å². The average molecular weight is 268 g/mol. The Hall–Kier alpha value is -2.40. The highest BCUT2D eigenvalue weighted by molar-refractivity contribution is 7.13. The number of benzene rings is 1. The van der Waals surface area contributed by atoms with Gasteiger partial charge in [-0.05, 0) is 35.2 Å². The second kappa shape index (κ2) is 5.07. The molecule has 0 saturated heterocycles. The van der Waals surface area contributed by atoms with Gasteiger partial charge in [-0.15, -0.1) is 11.3 Å². The molecule has 0 spiro atoms. The molecular weight excluding hydrogens is 256 g/mol. The Labute approximate surface area is 114 Å². The minimum absolute atomic E-state index is 0.729. The van der Waals surface area contributed by atoms with Gasteiger partial charge in [0.1, 0.15) is 5.82 Å². The number of nitrogens with one attached hydrogen (secondary N) is 1. The summed E-state index contributed by atoms with van der Waals surface area (Å²) in [5, 5.41) is 9.11. The maximum atomic E-state index is 5.64. The molecule has 94 valence electrons. The van der Waals surface area contributed by atoms with E-state index in [-0.39, 0.29) is 0 Å². The quantitative estimate of drug-likeness (QED) is 0.716. The van der Waals surface area contributed by atoms with Crippen LogP contribution in [-0.2, 0) is 0 Å². The minimum atomic E-state index is 0.729. The molecule has 0 saturated carbocycles. The molecule has 0 aliphatic heterocycles. The van der Waals surface area contributed by atoms with Crippen LogP contribution >= 0.6 is 11.3 Å². The van der Waals surface area contributed by atoms with E-state index in [0.29, 0.717) is 0 Å². The Morgan fingerprint density at radius 3 is 2.68 bits per heavy atom. The number of hydrogen-bond donors (Lipinski definition) is 2. The van der Waals surface area contributed by atoms with Crippen LogP contribution in [0.25, 0.3) is 22.9 Å². The number of anilines is 1. The van der Waals surface area contributed by atoms with Gasteiger partial charge in [-0.25, -0.2) is 4.98 Å². The SMILES string of the molecule is Nc1ccc(/C=C/c2nc(-c3cccs3)n[nH]2)cc1. The van der Waals surface area contributed by atoms with Gasteiger partial charge in [0, 0.05) is 5.69 Å². The summed E-state index contributed by atoms with van der Waals surface area (Å²) < 4.78 is 0. The number of nitrogens with zero attached hydrogens (tertiary/aromatic N) is 2. The van der Waals surface area contributed by atoms with Crippen LogP contribution in [0.1, 0.15) is 11.4 Å². The van der Waals surface area contributed by atoms with Gasteiger partial charge >= 0.3 is 0 Å². The highest BCUT2D eigenvalue weighted by Gasteiger charge is 2.04. The smallest absolute Gasteiger partial charge is 0.191 e. The first-order valence-electron chi connectivity index (χ1n) is 5.81. The van der Waals surface area contributed by atoms with Crippen LogP contribution in [0.5, 0.6) is 0 Å². The molecule has 2 heterocycles. The van der Waals surface area contributed by atoms with Crippen LogP contribution < -0.4 is 5.73 Å². The van der Waals surface area contributed by atoms with Crippen molar-refractivity contribution >= 4 is 29.2 Å². The Kier molecular flexibility index (Phi) is 3.12. The van der Waals surface area contributed by atoms with Crippen LogP contribution in [0.3, 0.4) is 0 Å². The van der Waals surface area contributed by atoms with Crippen molar-refractivity contribution in [2.24, 2.45) is 0 Å². The number of H-pyrrole nitrogens is 1. The van der Waals surface area contributed by atoms with E-state index in [2.05, 4.69) is 15.2 Å². The lowest BCUT2D eigenvalue weighted by Gasteiger charge is -1.93. The summed E-state index contributed by atoms with van der Waals surface area (Å²) in [4.78, 5) is 5.48. The maximum Gasteiger partial charge on any atom is 0.191 e. The molecule has 0 radical (unpaired) electrons. The normalized spacial score (nSPS) is 11.2. The Morgan fingerprint density at radius 2 is 1.95 bits per heavy atom. The summed E-state index contributed by atoms with van der Waals surface area (Å²) in [6.45, 7) is 0. The fourth-order valence-corrected chi connectivity index (χ4v) is 2.30. The predicted octanol–water partition coefficient (Wildman–Crippen LogP) is 3.29. The topological polar surface area (TPSA) is 67.6 Å². The van der Waals surface area contributed by atoms with Gasteiger partial charge in [0.15, 0.2) is 5.82 Å². The van der Waals surface area contributed by atoms with Crippen molar-refractivity contribution in [2.75, 3.05) is 5.73 Å². The fourth-order valence-electron chi connectivity index (χ4n) is 1.65. The van der Waals surface area contributed by atoms with Crippen LogP contribution in [0.15, 0.2) is 41.8 Å². The van der Waals surface area contributed by atoms with Crippen LogP contribution in [0, 0.1) is 0 Å². The Balaban J connectivity index is 1.78. The van der Waals surface area contributed by atoms with Crippen LogP contribution in [0.4, 0.5) is 5.69 Å². The third-order valence-corrected chi connectivity index (χ3v) is 3.48. The third kappa shape index (κ3) is 2.71. The van der Waals surface area contributed by atoms with Crippen molar-refractivity contribution < 1.29 is 0 Å². The summed E-state index contributed by atoms with van der Waals surface area (Å²) >= 11 is 1.62. The fraction of sp³-hybridized carbons (Fsp3) is 0. The number of thiophene rings is 1. The summed E-state index contributed by atoms with van der Waals surface area (Å²) in [5.74, 6) is 1.46. The van der Waals surface area contributed by atoms with Crippen molar-refractivity contribution in [3.63, 3.8) is 0 Å². The first kappa shape index (κ1) is 11.7. The maximum absolute atomic E-state index is 5.64. The Bertz CT molecular complexity index is 681. The molecule has 0 aliphatic rings. The average Bonchev–Trinajstić information content (AvgIpc) is 3.09. The van der Waals surface area contributed by atoms with Crippen molar-refractivity contribution in [3.05, 3.63) is 53.2 Å². The number of rotatable bonds is 3. The van der Waals surface area contributed by atoms with Gasteiger partial charge in [-0.1, -0.05) is 24.3 Å². The molecule has 3 rings (SSSR count). The second-order valence-electron chi connectivity index (χ2n) is 4.02. The molecule has 3 aromatic rings. The molecule has 0 atom stereocenters. The van der Waals surface area contributed by atoms with Gasteiger partial charge in [-0.3, -0.25) is 5.10 Å². The van der Waals surface area contributed by atoms with E-state index >= 15 is 0 Å². The molecular formula is C14H12N4S. The van der Waals surface area contributed by atoms with E-state index in [4.69, 9.17) is 5.73 Å². The molecule has 0 aliphatic carbocycles. The van der Waals surface area contributed by atoms with Crippen LogP contribution in [-0.4, -0.2) is 15.2 Å². The van der Waals surface area contributed by atoms with Crippen LogP contribution in [0.2, 0.25) is 0 Å². The minimum Gasteiger partial charge on any atom is -0.399 e. The van der Waals surface area contributed by atoms with Gasteiger partial charge in [0.25, 0.3) is 0 Å². The molecule has 19 heavy (non-hydrogen) atoms. The van der Waals surface area contributed by atoms with E-state index in [1.165, 1.54) is 0 Å². The van der Waals surface area contributed by atoms with Gasteiger partial charge in [0.05, 0.1) is 4.88 Å². The monoisotopic (exact) mass is 268 g/mol. The number of hydrogen-bond acceptors (Lipinski definition) is 4. The molecule has 2 aromatic heterocycles. The molecule has 4 nitrogen and oxygen atoms in total. The molecule has 0 bridgehead atoms. The predicted molar refractivity (Wildman–Crippen MR) is 79.5 cm³/mol. The number of aromatic nitrogens is 3. The summed E-state index contributed by atoms with van der Waals surface area (Å²) in [6.07, 6.45) is 3.87. The van der Waals surface area contributed by atoms with Gasteiger partial charge in [0.2, 0.25) is 0 Å². The van der Waals surface area contributed by atoms with Crippen molar-refractivity contribution in [3.8, 4) is 10.7 Å². The van der Waals surface area contributed by atoms with E-state index in [0.717, 1.165) is 27.8 Å². The van der Waals surface area contributed by atoms with Crippen molar-refractivity contribution in [2.45, 2.75) is 0 Å². The molecule has 5 heteroatoms. The standard InChI is InChI=1S/C14H12N4S/c15-11-6-3-10(4-7-11)5-8-13-16-14(18-17-13)12-2-1-9-19-12/h1-9H,15H2,(H,16,17,18)/b8-5+. The van der Waals surface area contributed by atoms with E-state index < -0.39 is 0 Å². The zero-order valence-electron chi connectivity index (χ0n) is 10.1.